The van der Waals surface area contributed by atoms with E-state index in [9.17, 15) is 4.79 Å². The number of hydrogen-bond donors (Lipinski definition) is 0. The van der Waals surface area contributed by atoms with Crippen molar-refractivity contribution >= 4 is 54.7 Å². The summed E-state index contributed by atoms with van der Waals surface area (Å²) in [6.07, 6.45) is 0. The fraction of sp³-hybridized carbons (Fsp3) is 0.353. The van der Waals surface area contributed by atoms with Crippen molar-refractivity contribution < 1.29 is 14.3 Å². The number of fused-ring (bicyclic) bond motifs is 1. The third kappa shape index (κ3) is 3.75. The fourth-order valence-corrected chi connectivity index (χ4v) is 5.29. The predicted molar refractivity (Wildman–Crippen MR) is 107 cm³/mol. The molecule has 0 aliphatic carbocycles. The van der Waals surface area contributed by atoms with Gasteiger partial charge in [-0.15, -0.1) is 22.7 Å². The van der Waals surface area contributed by atoms with Gasteiger partial charge in [-0.25, -0.2) is 4.98 Å². The second kappa shape index (κ2) is 7.99. The van der Waals surface area contributed by atoms with E-state index in [4.69, 9.17) is 9.47 Å². The first-order chi connectivity index (χ1) is 12.4. The maximum Gasteiger partial charge on any atom is 0.264 e. The summed E-state index contributed by atoms with van der Waals surface area (Å²) in [7, 11) is 4.96. The van der Waals surface area contributed by atoms with E-state index >= 15 is 0 Å². The van der Waals surface area contributed by atoms with E-state index in [2.05, 4.69) is 25.9 Å². The highest BCUT2D eigenvalue weighted by atomic mass is 79.9. The first-order valence-corrected chi connectivity index (χ1v) is 10.2. The molecule has 138 valence electrons. The lowest BCUT2D eigenvalue weighted by Gasteiger charge is -2.15. The highest BCUT2D eigenvalue weighted by Gasteiger charge is 2.23. The molecule has 3 aromatic rings. The van der Waals surface area contributed by atoms with Gasteiger partial charge in [-0.3, -0.25) is 4.79 Å². The molecule has 3 rings (SSSR count). The van der Waals surface area contributed by atoms with Crippen molar-refractivity contribution in [3.05, 3.63) is 37.1 Å². The van der Waals surface area contributed by atoms with Gasteiger partial charge >= 0.3 is 0 Å². The van der Waals surface area contributed by atoms with Crippen LogP contribution in [0, 0.1) is 6.92 Å². The summed E-state index contributed by atoms with van der Waals surface area (Å²) in [6, 6.07) is 2.03. The molecule has 0 spiro atoms. The Morgan fingerprint density at radius 1 is 1.35 bits per heavy atom. The minimum Gasteiger partial charge on any atom is -0.480 e. The second-order valence-corrected chi connectivity index (χ2v) is 8.62. The third-order valence-corrected chi connectivity index (χ3v) is 6.68. The van der Waals surface area contributed by atoms with Crippen LogP contribution in [-0.4, -0.2) is 42.0 Å². The molecule has 3 heterocycles. The minimum absolute atomic E-state index is 0.0367. The van der Waals surface area contributed by atoms with Gasteiger partial charge in [0.2, 0.25) is 5.88 Å². The molecule has 1 amide bonds. The molecule has 0 atom stereocenters. The maximum atomic E-state index is 13.0. The van der Waals surface area contributed by atoms with Crippen LogP contribution in [0.4, 0.5) is 0 Å². The molecule has 0 bridgehead atoms. The number of methoxy groups -OCH3 is 2. The molecule has 6 nitrogen and oxygen atoms in total. The lowest BCUT2D eigenvalue weighted by atomic mass is 10.2. The number of hydrogen-bond acceptors (Lipinski definition) is 7. The van der Waals surface area contributed by atoms with Crippen LogP contribution in [0.5, 0.6) is 5.88 Å². The van der Waals surface area contributed by atoms with Gasteiger partial charge in [0.25, 0.3) is 5.91 Å². The average Bonchev–Trinajstić information content (AvgIpc) is 3.17. The number of amides is 1. The molecule has 0 fully saturated rings. The van der Waals surface area contributed by atoms with E-state index in [1.54, 1.807) is 37.5 Å². The Kier molecular flexibility index (Phi) is 5.91. The normalized spacial score (nSPS) is 11.1. The summed E-state index contributed by atoms with van der Waals surface area (Å²) < 4.78 is 11.6. The van der Waals surface area contributed by atoms with Crippen LogP contribution in [0.15, 0.2) is 15.9 Å². The van der Waals surface area contributed by atoms with E-state index in [-0.39, 0.29) is 5.91 Å². The zero-order chi connectivity index (χ0) is 18.8. The molecule has 9 heteroatoms. The number of nitrogens with zero attached hydrogens (tertiary/aromatic N) is 3. The van der Waals surface area contributed by atoms with Gasteiger partial charge in [0.05, 0.1) is 23.9 Å². The van der Waals surface area contributed by atoms with Crippen LogP contribution in [0.1, 0.15) is 25.9 Å². The fourth-order valence-electron chi connectivity index (χ4n) is 2.61. The summed E-state index contributed by atoms with van der Waals surface area (Å²) in [4.78, 5) is 26.1. The summed E-state index contributed by atoms with van der Waals surface area (Å²) in [5.41, 5.74) is 0.843. The number of aromatic nitrogens is 2. The van der Waals surface area contributed by atoms with Crippen molar-refractivity contribution in [2.45, 2.75) is 20.1 Å². The molecular formula is C17H18BrN3O3S2. The number of carbonyl (C=O) groups excluding carboxylic acids is 1. The zero-order valence-corrected chi connectivity index (χ0v) is 18.0. The second-order valence-electron chi connectivity index (χ2n) is 5.71. The third-order valence-electron chi connectivity index (χ3n) is 3.83. The largest absolute Gasteiger partial charge is 0.480 e. The summed E-state index contributed by atoms with van der Waals surface area (Å²) >= 11 is 6.43. The average molecular weight is 456 g/mol. The van der Waals surface area contributed by atoms with Gasteiger partial charge in [-0.1, -0.05) is 0 Å². The molecule has 3 aromatic heterocycles. The predicted octanol–water partition coefficient (Wildman–Crippen LogP) is 4.25. The molecule has 0 saturated heterocycles. The number of rotatable bonds is 6. The highest BCUT2D eigenvalue weighted by Crippen LogP contribution is 2.36. The first-order valence-electron chi connectivity index (χ1n) is 7.76. The van der Waals surface area contributed by atoms with Gasteiger partial charge in [-0.2, -0.15) is 4.98 Å². The Morgan fingerprint density at radius 3 is 2.73 bits per heavy atom. The van der Waals surface area contributed by atoms with Gasteiger partial charge in [0.15, 0.2) is 5.82 Å². The number of aryl methyl sites for hydroxylation is 1. The molecule has 0 saturated carbocycles. The zero-order valence-electron chi connectivity index (χ0n) is 14.8. The number of thiophene rings is 2. The van der Waals surface area contributed by atoms with Crippen molar-refractivity contribution in [1.82, 2.24) is 14.9 Å². The Labute approximate surface area is 167 Å². The lowest BCUT2D eigenvalue weighted by molar-refractivity contribution is 0.0790. The van der Waals surface area contributed by atoms with E-state index < -0.39 is 0 Å². The topological polar surface area (TPSA) is 64.6 Å². The summed E-state index contributed by atoms with van der Waals surface area (Å²) in [6.45, 7) is 2.75. The Morgan fingerprint density at radius 2 is 2.12 bits per heavy atom. The number of ether oxygens (including phenoxy) is 2. The first kappa shape index (κ1) is 19.2. The van der Waals surface area contributed by atoms with Gasteiger partial charge in [0.1, 0.15) is 11.4 Å². The Hall–Kier alpha value is -1.55. The minimum atomic E-state index is -0.0367. The van der Waals surface area contributed by atoms with Crippen LogP contribution in [0.2, 0.25) is 0 Å². The van der Waals surface area contributed by atoms with Crippen molar-refractivity contribution in [3.8, 4) is 5.88 Å². The summed E-state index contributed by atoms with van der Waals surface area (Å²) in [5.74, 6) is 0.971. The molecule has 0 aliphatic rings. The highest BCUT2D eigenvalue weighted by molar-refractivity contribution is 9.10. The van der Waals surface area contributed by atoms with Crippen molar-refractivity contribution in [3.63, 3.8) is 0 Å². The molecule has 0 aliphatic heterocycles. The van der Waals surface area contributed by atoms with Gasteiger partial charge < -0.3 is 14.4 Å². The van der Waals surface area contributed by atoms with Crippen molar-refractivity contribution in [2.24, 2.45) is 0 Å². The maximum absolute atomic E-state index is 13.0. The molecule has 0 aromatic carbocycles. The molecule has 0 N–H and O–H groups in total. The van der Waals surface area contributed by atoms with Crippen LogP contribution in [-0.2, 0) is 17.9 Å². The van der Waals surface area contributed by atoms with Gasteiger partial charge in [-0.05, 0) is 34.5 Å². The monoisotopic (exact) mass is 455 g/mol. The molecule has 26 heavy (non-hydrogen) atoms. The Bertz CT molecular complexity index is 954. The summed E-state index contributed by atoms with van der Waals surface area (Å²) in [5, 5.41) is 2.80. The van der Waals surface area contributed by atoms with Crippen LogP contribution >= 0.6 is 38.6 Å². The van der Waals surface area contributed by atoms with Gasteiger partial charge in [0, 0.05) is 28.9 Å². The van der Waals surface area contributed by atoms with Crippen molar-refractivity contribution in [2.75, 3.05) is 21.3 Å². The molecule has 0 radical (unpaired) electrons. The molecule has 0 unspecified atom stereocenters. The number of carbonyl (C=O) groups is 1. The number of halogens is 1. The van der Waals surface area contributed by atoms with Crippen LogP contribution in [0.25, 0.3) is 10.2 Å². The van der Waals surface area contributed by atoms with E-state index in [0.717, 1.165) is 25.1 Å². The van der Waals surface area contributed by atoms with Crippen LogP contribution in [0.3, 0.4) is 0 Å². The van der Waals surface area contributed by atoms with E-state index in [1.807, 2.05) is 18.4 Å². The SMILES string of the molecule is COCc1nc(OC)c2c(C)c(C(=O)N(C)Cc3cc(Br)cs3)sc2n1. The van der Waals surface area contributed by atoms with Crippen molar-refractivity contribution in [1.29, 1.82) is 0 Å². The molecular weight excluding hydrogens is 438 g/mol. The van der Waals surface area contributed by atoms with E-state index in [1.165, 1.54) is 11.3 Å². The standard InChI is InChI=1S/C17H18BrN3O3S2/c1-9-13-15(24-4)19-12(7-23-3)20-16(13)26-14(9)17(22)21(2)6-11-5-10(18)8-25-11/h5,8H,6-7H2,1-4H3. The quantitative estimate of drug-likeness (QED) is 0.555. The van der Waals surface area contributed by atoms with Crippen LogP contribution < -0.4 is 4.74 Å². The lowest BCUT2D eigenvalue weighted by Crippen LogP contribution is -2.25. The smallest absolute Gasteiger partial charge is 0.264 e. The Balaban J connectivity index is 1.96. The van der Waals surface area contributed by atoms with E-state index in [0.29, 0.717) is 29.7 Å².